The number of carbonyl (C=O) groups excluding carboxylic acids is 1. The lowest BCUT2D eigenvalue weighted by molar-refractivity contribution is -0.126. The molecule has 2 heterocycles. The van der Waals surface area contributed by atoms with Crippen molar-refractivity contribution >= 4 is 11.7 Å². The Morgan fingerprint density at radius 3 is 3.15 bits per heavy atom. The first-order valence-corrected chi connectivity index (χ1v) is 7.40. The molecule has 2 N–H and O–H groups in total. The fraction of sp³-hybridized carbons (Fsp3) is 0.714. The molecule has 6 nitrogen and oxygen atoms in total. The first-order chi connectivity index (χ1) is 9.72. The second kappa shape index (κ2) is 5.93. The minimum Gasteiger partial charge on any atom is -0.368 e. The van der Waals surface area contributed by atoms with E-state index in [9.17, 15) is 4.79 Å². The fourth-order valence-electron chi connectivity index (χ4n) is 2.34. The molecular formula is C14H22N4O2. The molecule has 0 aromatic carbocycles. The summed E-state index contributed by atoms with van der Waals surface area (Å²) in [5, 5.41) is 10.5. The number of nitrogens with one attached hydrogen (secondary N) is 2. The minimum absolute atomic E-state index is 0.125. The lowest BCUT2D eigenvalue weighted by atomic mass is 10.3. The molecule has 3 rings (SSSR count). The summed E-state index contributed by atoms with van der Waals surface area (Å²) < 4.78 is 7.47. The molecule has 1 aliphatic carbocycles. The molecule has 2 atom stereocenters. The largest absolute Gasteiger partial charge is 0.368 e. The lowest BCUT2D eigenvalue weighted by Gasteiger charge is -2.12. The molecule has 110 valence electrons. The smallest absolute Gasteiger partial charge is 0.254 e. The molecule has 2 aliphatic rings. The number of ether oxygens (including phenoxy) is 1. The predicted molar refractivity (Wildman–Crippen MR) is 75.5 cm³/mol. The third kappa shape index (κ3) is 3.37. The van der Waals surface area contributed by atoms with Crippen LogP contribution >= 0.6 is 0 Å². The SMILES string of the molecule is C[C@H](OCC1CC1)C(=O)Nc1ccn([C@H]2CCNC2)n1. The number of aromatic nitrogens is 2. The molecule has 1 aliphatic heterocycles. The Bertz CT molecular complexity index is 463. The van der Waals surface area contributed by atoms with Gasteiger partial charge in [0.25, 0.3) is 5.91 Å². The molecule has 0 bridgehead atoms. The first-order valence-electron chi connectivity index (χ1n) is 7.40. The van der Waals surface area contributed by atoms with Crippen LogP contribution in [0.5, 0.6) is 0 Å². The van der Waals surface area contributed by atoms with Crippen LogP contribution in [0.3, 0.4) is 0 Å². The zero-order chi connectivity index (χ0) is 13.9. The molecule has 1 aromatic heterocycles. The van der Waals surface area contributed by atoms with Crippen LogP contribution in [0.15, 0.2) is 12.3 Å². The molecule has 0 radical (unpaired) electrons. The normalized spacial score (nSPS) is 23.8. The number of amides is 1. The van der Waals surface area contributed by atoms with Gasteiger partial charge >= 0.3 is 0 Å². The van der Waals surface area contributed by atoms with E-state index in [1.54, 1.807) is 6.92 Å². The van der Waals surface area contributed by atoms with E-state index in [1.165, 1.54) is 12.8 Å². The van der Waals surface area contributed by atoms with Crippen LogP contribution in [0.4, 0.5) is 5.82 Å². The van der Waals surface area contributed by atoms with Gasteiger partial charge in [0.15, 0.2) is 5.82 Å². The van der Waals surface area contributed by atoms with Crippen molar-refractivity contribution in [1.82, 2.24) is 15.1 Å². The quantitative estimate of drug-likeness (QED) is 0.819. The van der Waals surface area contributed by atoms with Crippen LogP contribution in [-0.2, 0) is 9.53 Å². The van der Waals surface area contributed by atoms with Gasteiger partial charge in [-0.05, 0) is 38.6 Å². The highest BCUT2D eigenvalue weighted by molar-refractivity contribution is 5.92. The molecule has 1 amide bonds. The van der Waals surface area contributed by atoms with E-state index in [0.29, 0.717) is 24.4 Å². The highest BCUT2D eigenvalue weighted by Crippen LogP contribution is 2.29. The summed E-state index contributed by atoms with van der Waals surface area (Å²) in [6, 6.07) is 2.23. The maximum Gasteiger partial charge on any atom is 0.254 e. The Morgan fingerprint density at radius 2 is 2.45 bits per heavy atom. The summed E-state index contributed by atoms with van der Waals surface area (Å²) in [7, 11) is 0. The second-order valence-corrected chi connectivity index (χ2v) is 5.74. The third-order valence-corrected chi connectivity index (χ3v) is 3.92. The topological polar surface area (TPSA) is 68.2 Å². The van der Waals surface area contributed by atoms with Gasteiger partial charge in [-0.2, -0.15) is 5.10 Å². The molecule has 6 heteroatoms. The number of anilines is 1. The Morgan fingerprint density at radius 1 is 1.60 bits per heavy atom. The van der Waals surface area contributed by atoms with Crippen molar-refractivity contribution in [2.24, 2.45) is 5.92 Å². The Hall–Kier alpha value is -1.40. The van der Waals surface area contributed by atoms with E-state index in [0.717, 1.165) is 19.5 Å². The second-order valence-electron chi connectivity index (χ2n) is 5.74. The zero-order valence-electron chi connectivity index (χ0n) is 11.8. The summed E-state index contributed by atoms with van der Waals surface area (Å²) in [4.78, 5) is 12.0. The van der Waals surface area contributed by atoms with Gasteiger partial charge in [0, 0.05) is 18.8 Å². The van der Waals surface area contributed by atoms with Gasteiger partial charge in [-0.1, -0.05) is 0 Å². The van der Waals surface area contributed by atoms with E-state index in [-0.39, 0.29) is 5.91 Å². The van der Waals surface area contributed by atoms with Crippen LogP contribution in [0.1, 0.15) is 32.2 Å². The molecule has 0 unspecified atom stereocenters. The minimum atomic E-state index is -0.422. The molecular weight excluding hydrogens is 256 g/mol. The zero-order valence-corrected chi connectivity index (χ0v) is 11.8. The maximum absolute atomic E-state index is 12.0. The number of rotatable bonds is 6. The summed E-state index contributed by atoms with van der Waals surface area (Å²) in [6.07, 6.45) is 5.04. The van der Waals surface area contributed by atoms with E-state index in [1.807, 2.05) is 16.9 Å². The van der Waals surface area contributed by atoms with E-state index >= 15 is 0 Å². The Labute approximate surface area is 118 Å². The number of nitrogens with zero attached hydrogens (tertiary/aromatic N) is 2. The molecule has 1 saturated heterocycles. The standard InChI is InChI=1S/C14H22N4O2/c1-10(20-9-11-2-3-11)14(19)16-13-5-7-18(17-13)12-4-6-15-8-12/h5,7,10-12,15H,2-4,6,8-9H2,1H3,(H,16,17,19)/t10-,12-/m0/s1. The van der Waals surface area contributed by atoms with Crippen molar-refractivity contribution in [2.75, 3.05) is 25.0 Å². The van der Waals surface area contributed by atoms with Crippen LogP contribution in [-0.4, -0.2) is 41.5 Å². The predicted octanol–water partition coefficient (Wildman–Crippen LogP) is 1.17. The van der Waals surface area contributed by atoms with Crippen molar-refractivity contribution < 1.29 is 9.53 Å². The van der Waals surface area contributed by atoms with E-state index in [2.05, 4.69) is 15.7 Å². The first kappa shape index (κ1) is 13.6. The Kier molecular flexibility index (Phi) is 4.03. The van der Waals surface area contributed by atoms with Crippen molar-refractivity contribution in [2.45, 2.75) is 38.3 Å². The number of hydrogen-bond donors (Lipinski definition) is 2. The Balaban J connectivity index is 1.49. The molecule has 0 spiro atoms. The van der Waals surface area contributed by atoms with Gasteiger partial charge in [0.2, 0.25) is 0 Å². The maximum atomic E-state index is 12.0. The molecule has 1 saturated carbocycles. The van der Waals surface area contributed by atoms with Crippen LogP contribution in [0.25, 0.3) is 0 Å². The fourth-order valence-corrected chi connectivity index (χ4v) is 2.34. The van der Waals surface area contributed by atoms with Gasteiger partial charge < -0.3 is 15.4 Å². The van der Waals surface area contributed by atoms with Crippen molar-refractivity contribution in [3.63, 3.8) is 0 Å². The molecule has 2 fully saturated rings. The highest BCUT2D eigenvalue weighted by Gasteiger charge is 2.24. The summed E-state index contributed by atoms with van der Waals surface area (Å²) in [5.74, 6) is 1.14. The molecule has 20 heavy (non-hydrogen) atoms. The average molecular weight is 278 g/mol. The third-order valence-electron chi connectivity index (χ3n) is 3.92. The summed E-state index contributed by atoms with van der Waals surface area (Å²) in [5.41, 5.74) is 0. The summed E-state index contributed by atoms with van der Waals surface area (Å²) >= 11 is 0. The van der Waals surface area contributed by atoms with Crippen LogP contribution in [0, 0.1) is 5.92 Å². The van der Waals surface area contributed by atoms with Gasteiger partial charge in [0.1, 0.15) is 6.10 Å². The highest BCUT2D eigenvalue weighted by atomic mass is 16.5. The number of carbonyl (C=O) groups is 1. The van der Waals surface area contributed by atoms with E-state index in [4.69, 9.17) is 4.74 Å². The van der Waals surface area contributed by atoms with Crippen molar-refractivity contribution in [1.29, 1.82) is 0 Å². The van der Waals surface area contributed by atoms with Gasteiger partial charge in [-0.3, -0.25) is 9.48 Å². The number of hydrogen-bond acceptors (Lipinski definition) is 4. The van der Waals surface area contributed by atoms with Gasteiger partial charge in [0.05, 0.1) is 12.6 Å². The van der Waals surface area contributed by atoms with Crippen LogP contribution in [0.2, 0.25) is 0 Å². The van der Waals surface area contributed by atoms with Gasteiger partial charge in [-0.25, -0.2) is 0 Å². The van der Waals surface area contributed by atoms with Crippen molar-refractivity contribution in [3.05, 3.63) is 12.3 Å². The van der Waals surface area contributed by atoms with Crippen LogP contribution < -0.4 is 10.6 Å². The van der Waals surface area contributed by atoms with E-state index < -0.39 is 6.10 Å². The monoisotopic (exact) mass is 278 g/mol. The van der Waals surface area contributed by atoms with Gasteiger partial charge in [-0.15, -0.1) is 0 Å². The summed E-state index contributed by atoms with van der Waals surface area (Å²) in [6.45, 7) is 4.45. The lowest BCUT2D eigenvalue weighted by Crippen LogP contribution is -2.28. The average Bonchev–Trinajstić information content (AvgIpc) is 2.92. The molecule has 1 aromatic rings. The van der Waals surface area contributed by atoms with Crippen molar-refractivity contribution in [3.8, 4) is 0 Å².